The van der Waals surface area contributed by atoms with Crippen molar-refractivity contribution in [1.29, 1.82) is 0 Å². The molecule has 0 unspecified atom stereocenters. The average molecular weight is 341 g/mol. The number of nitrogens with one attached hydrogen (secondary N) is 1. The van der Waals surface area contributed by atoms with Crippen molar-refractivity contribution in [2.45, 2.75) is 0 Å². The molecule has 0 bridgehead atoms. The van der Waals surface area contributed by atoms with Gasteiger partial charge in [-0.3, -0.25) is 4.79 Å². The number of carbonyl (C=O) groups is 2. The number of carbonyl (C=O) groups excluding carboxylic acids is 2. The molecule has 130 valence electrons. The highest BCUT2D eigenvalue weighted by Gasteiger charge is 2.17. The van der Waals surface area contributed by atoms with Crippen molar-refractivity contribution in [1.82, 2.24) is 14.9 Å². The summed E-state index contributed by atoms with van der Waals surface area (Å²) in [4.78, 5) is 34.6. The molecule has 1 aromatic carbocycles. The van der Waals surface area contributed by atoms with Crippen LogP contribution in [-0.4, -0.2) is 60.5 Å². The number of amides is 1. The molecule has 1 aromatic heterocycles. The molecule has 0 atom stereocenters. The van der Waals surface area contributed by atoms with Crippen LogP contribution in [0.5, 0.6) is 0 Å². The van der Waals surface area contributed by atoms with E-state index in [0.29, 0.717) is 24.5 Å². The predicted octanol–water partition coefficient (Wildman–Crippen LogP) is 1.29. The van der Waals surface area contributed by atoms with E-state index in [0.717, 1.165) is 31.0 Å². The van der Waals surface area contributed by atoms with E-state index in [9.17, 15) is 9.59 Å². The Morgan fingerprint density at radius 3 is 2.52 bits per heavy atom. The topological polar surface area (TPSA) is 87.7 Å². The number of aromatic nitrogens is 2. The van der Waals surface area contributed by atoms with Gasteiger partial charge in [0.25, 0.3) is 0 Å². The molecule has 1 N–H and O–H groups in total. The lowest BCUT2D eigenvalue weighted by Crippen LogP contribution is -2.46. The number of anilines is 3. The van der Waals surface area contributed by atoms with Crippen LogP contribution < -0.4 is 10.2 Å². The molecule has 8 heteroatoms. The van der Waals surface area contributed by atoms with Crippen molar-refractivity contribution in [3.63, 3.8) is 0 Å². The molecular weight excluding hydrogens is 322 g/mol. The summed E-state index contributed by atoms with van der Waals surface area (Å²) in [5, 5.41) is 3.19. The summed E-state index contributed by atoms with van der Waals surface area (Å²) in [6.45, 7) is 2.85. The maximum atomic E-state index is 11.5. The second-order valence-corrected chi connectivity index (χ2v) is 5.58. The Hall–Kier alpha value is -3.16. The Kier molecular flexibility index (Phi) is 5.08. The van der Waals surface area contributed by atoms with Crippen molar-refractivity contribution in [3.8, 4) is 0 Å². The molecule has 0 aliphatic carbocycles. The number of nitrogens with zero attached hydrogens (tertiary/aromatic N) is 4. The van der Waals surface area contributed by atoms with Gasteiger partial charge in [-0.2, -0.15) is 0 Å². The van der Waals surface area contributed by atoms with E-state index in [1.165, 1.54) is 13.4 Å². The third-order valence-corrected chi connectivity index (χ3v) is 4.02. The van der Waals surface area contributed by atoms with Gasteiger partial charge in [0.2, 0.25) is 6.41 Å². The van der Waals surface area contributed by atoms with Crippen LogP contribution in [0, 0.1) is 0 Å². The third-order valence-electron chi connectivity index (χ3n) is 4.02. The first kappa shape index (κ1) is 16.7. The van der Waals surface area contributed by atoms with E-state index in [2.05, 4.69) is 24.9 Å². The maximum Gasteiger partial charge on any atom is 0.337 e. The average Bonchev–Trinajstić information content (AvgIpc) is 2.68. The Balaban J connectivity index is 1.67. The van der Waals surface area contributed by atoms with Crippen LogP contribution in [0.3, 0.4) is 0 Å². The quantitative estimate of drug-likeness (QED) is 0.647. The Bertz CT molecular complexity index is 742. The van der Waals surface area contributed by atoms with Gasteiger partial charge in [0, 0.05) is 37.9 Å². The lowest BCUT2D eigenvalue weighted by molar-refractivity contribution is -0.118. The van der Waals surface area contributed by atoms with E-state index in [1.807, 2.05) is 6.07 Å². The van der Waals surface area contributed by atoms with Crippen LogP contribution in [0.15, 0.2) is 36.7 Å². The van der Waals surface area contributed by atoms with E-state index in [1.54, 1.807) is 29.2 Å². The summed E-state index contributed by atoms with van der Waals surface area (Å²) in [6, 6.07) is 8.82. The van der Waals surface area contributed by atoms with Gasteiger partial charge in [-0.15, -0.1) is 0 Å². The molecule has 1 saturated heterocycles. The van der Waals surface area contributed by atoms with Crippen molar-refractivity contribution >= 4 is 29.7 Å². The molecule has 2 aromatic rings. The van der Waals surface area contributed by atoms with Gasteiger partial charge in [0.05, 0.1) is 12.7 Å². The number of methoxy groups -OCH3 is 1. The molecule has 0 radical (unpaired) electrons. The smallest absolute Gasteiger partial charge is 0.337 e. The van der Waals surface area contributed by atoms with Crippen LogP contribution in [0.25, 0.3) is 0 Å². The molecule has 2 heterocycles. The molecule has 0 spiro atoms. The largest absolute Gasteiger partial charge is 0.465 e. The highest BCUT2D eigenvalue weighted by molar-refractivity contribution is 5.89. The Labute approximate surface area is 145 Å². The zero-order chi connectivity index (χ0) is 17.6. The van der Waals surface area contributed by atoms with E-state index in [4.69, 9.17) is 0 Å². The standard InChI is InChI=1S/C17H19N5O3/c1-25-17(24)13-2-4-14(5-3-13)20-15-10-16(19-11-18-15)22-8-6-21(12-23)7-9-22/h2-5,10-12H,6-9H2,1H3,(H,18,19,20). The van der Waals surface area contributed by atoms with Crippen molar-refractivity contribution in [2.75, 3.05) is 43.5 Å². The highest BCUT2D eigenvalue weighted by atomic mass is 16.5. The molecule has 8 nitrogen and oxygen atoms in total. The number of benzene rings is 1. The normalized spacial score (nSPS) is 14.1. The number of rotatable bonds is 5. The van der Waals surface area contributed by atoms with E-state index >= 15 is 0 Å². The van der Waals surface area contributed by atoms with Gasteiger partial charge < -0.3 is 19.9 Å². The fourth-order valence-electron chi connectivity index (χ4n) is 2.60. The maximum absolute atomic E-state index is 11.5. The first-order valence-electron chi connectivity index (χ1n) is 7.91. The number of hydrogen-bond acceptors (Lipinski definition) is 7. The van der Waals surface area contributed by atoms with Crippen molar-refractivity contribution in [3.05, 3.63) is 42.2 Å². The Morgan fingerprint density at radius 1 is 1.16 bits per heavy atom. The molecule has 1 amide bonds. The van der Waals surface area contributed by atoms with Gasteiger partial charge in [-0.25, -0.2) is 14.8 Å². The van der Waals surface area contributed by atoms with E-state index < -0.39 is 0 Å². The van der Waals surface area contributed by atoms with Crippen LogP contribution in [0.4, 0.5) is 17.3 Å². The summed E-state index contributed by atoms with van der Waals surface area (Å²) in [7, 11) is 1.35. The SMILES string of the molecule is COC(=O)c1ccc(Nc2cc(N3CCN(C=O)CC3)ncn2)cc1. The van der Waals surface area contributed by atoms with Crippen LogP contribution in [-0.2, 0) is 9.53 Å². The predicted molar refractivity (Wildman–Crippen MR) is 92.9 cm³/mol. The lowest BCUT2D eigenvalue weighted by atomic mass is 10.2. The van der Waals surface area contributed by atoms with Gasteiger partial charge >= 0.3 is 5.97 Å². The molecule has 1 aliphatic rings. The third kappa shape index (κ3) is 4.03. The highest BCUT2D eigenvalue weighted by Crippen LogP contribution is 2.20. The monoisotopic (exact) mass is 341 g/mol. The second-order valence-electron chi connectivity index (χ2n) is 5.58. The minimum Gasteiger partial charge on any atom is -0.465 e. The van der Waals surface area contributed by atoms with Gasteiger partial charge in [-0.1, -0.05) is 0 Å². The molecule has 0 saturated carbocycles. The summed E-state index contributed by atoms with van der Waals surface area (Å²) in [5.74, 6) is 1.10. The summed E-state index contributed by atoms with van der Waals surface area (Å²) in [6.07, 6.45) is 2.38. The van der Waals surface area contributed by atoms with Crippen LogP contribution in [0.1, 0.15) is 10.4 Å². The summed E-state index contributed by atoms with van der Waals surface area (Å²) >= 11 is 0. The van der Waals surface area contributed by atoms with Crippen molar-refractivity contribution in [2.24, 2.45) is 0 Å². The lowest BCUT2D eigenvalue weighted by Gasteiger charge is -2.33. The Morgan fingerprint density at radius 2 is 1.88 bits per heavy atom. The number of esters is 1. The number of piperazine rings is 1. The summed E-state index contributed by atoms with van der Waals surface area (Å²) < 4.78 is 4.68. The fourth-order valence-corrected chi connectivity index (χ4v) is 2.60. The van der Waals surface area contributed by atoms with Crippen LogP contribution in [0.2, 0.25) is 0 Å². The first-order chi connectivity index (χ1) is 12.2. The minimum atomic E-state index is -0.370. The molecule has 1 fully saturated rings. The zero-order valence-electron chi connectivity index (χ0n) is 13.9. The number of ether oxygens (including phenoxy) is 1. The molecule has 25 heavy (non-hydrogen) atoms. The minimum absolute atomic E-state index is 0.370. The molecule has 1 aliphatic heterocycles. The zero-order valence-corrected chi connectivity index (χ0v) is 13.9. The summed E-state index contributed by atoms with van der Waals surface area (Å²) in [5.41, 5.74) is 1.30. The first-order valence-corrected chi connectivity index (χ1v) is 7.91. The second kappa shape index (κ2) is 7.61. The van der Waals surface area contributed by atoms with Gasteiger partial charge in [-0.05, 0) is 24.3 Å². The van der Waals surface area contributed by atoms with E-state index in [-0.39, 0.29) is 5.97 Å². The van der Waals surface area contributed by atoms with Gasteiger partial charge in [0.15, 0.2) is 0 Å². The molecule has 3 rings (SSSR count). The molecular formula is C17H19N5O3. The fraction of sp³-hybridized carbons (Fsp3) is 0.294. The number of hydrogen-bond donors (Lipinski definition) is 1. The van der Waals surface area contributed by atoms with Crippen LogP contribution >= 0.6 is 0 Å². The van der Waals surface area contributed by atoms with Crippen molar-refractivity contribution < 1.29 is 14.3 Å². The van der Waals surface area contributed by atoms with Gasteiger partial charge in [0.1, 0.15) is 18.0 Å².